The zero-order valence-electron chi connectivity index (χ0n) is 16.3. The first kappa shape index (κ1) is 18.1. The molecule has 0 radical (unpaired) electrons. The molecule has 0 saturated heterocycles. The van der Waals surface area contributed by atoms with Crippen LogP contribution in [0, 0.1) is 34.5 Å². The van der Waals surface area contributed by atoms with Gasteiger partial charge < -0.3 is 9.84 Å². The molecule has 0 aromatic heterocycles. The second-order valence-electron chi connectivity index (χ2n) is 9.75. The molecule has 26 heavy (non-hydrogen) atoms. The molecule has 0 aromatic carbocycles. The highest BCUT2D eigenvalue weighted by Gasteiger charge is 2.60. The Labute approximate surface area is 156 Å². The maximum Gasteiger partial charge on any atom is 0.307 e. The smallest absolute Gasteiger partial charge is 0.307 e. The number of esters is 1. The van der Waals surface area contributed by atoms with E-state index in [9.17, 15) is 14.7 Å². The van der Waals surface area contributed by atoms with E-state index in [0.29, 0.717) is 17.8 Å². The van der Waals surface area contributed by atoms with Gasteiger partial charge in [0.25, 0.3) is 0 Å². The Morgan fingerprint density at radius 3 is 2.58 bits per heavy atom. The van der Waals surface area contributed by atoms with Gasteiger partial charge in [0.1, 0.15) is 6.10 Å². The number of hydrogen-bond donors (Lipinski definition) is 1. The van der Waals surface area contributed by atoms with E-state index in [1.807, 2.05) is 0 Å². The molecule has 4 aliphatic rings. The van der Waals surface area contributed by atoms with Gasteiger partial charge >= 0.3 is 11.9 Å². The van der Waals surface area contributed by atoms with E-state index in [4.69, 9.17) is 4.74 Å². The van der Waals surface area contributed by atoms with E-state index < -0.39 is 5.97 Å². The van der Waals surface area contributed by atoms with Crippen molar-refractivity contribution in [3.63, 3.8) is 0 Å². The van der Waals surface area contributed by atoms with Gasteiger partial charge in [-0.3, -0.25) is 9.59 Å². The summed E-state index contributed by atoms with van der Waals surface area (Å²) in [6.07, 6.45) is 10.6. The molecule has 0 aromatic rings. The molecule has 0 spiro atoms. The zero-order chi connectivity index (χ0) is 18.7. The lowest BCUT2D eigenvalue weighted by Gasteiger charge is -2.57. The monoisotopic (exact) mass is 360 g/mol. The zero-order valence-corrected chi connectivity index (χ0v) is 16.3. The third-order valence-corrected chi connectivity index (χ3v) is 8.69. The molecule has 0 bridgehead atoms. The maximum absolute atomic E-state index is 11.8. The van der Waals surface area contributed by atoms with Crippen molar-refractivity contribution in [2.75, 3.05) is 0 Å². The lowest BCUT2D eigenvalue weighted by atomic mass is 9.47. The molecule has 0 amide bonds. The molecule has 7 atom stereocenters. The van der Waals surface area contributed by atoms with Crippen LogP contribution in [0.25, 0.3) is 0 Å². The number of aliphatic carboxylic acids is 1. The molecule has 3 saturated carbocycles. The number of carbonyl (C=O) groups is 2. The number of fused-ring (bicyclic) bond motifs is 5. The third-order valence-electron chi connectivity index (χ3n) is 8.69. The number of rotatable bonds is 2. The van der Waals surface area contributed by atoms with Crippen molar-refractivity contribution in [1.82, 2.24) is 0 Å². The standard InChI is InChI=1S/C22H32O4/c1-13(23)26-15-8-10-21(2)14(12-15)4-5-16-17-6-7-19(20(24)25)22(17,3)11-9-18(16)21/h4,15-19H,5-12H2,1-3H3,(H,24,25)/t15-,16-,17-,18-,19-,21-,22-/m0/s1. The predicted octanol–water partition coefficient (Wildman–Crippen LogP) is 4.58. The molecule has 4 heteroatoms. The predicted molar refractivity (Wildman–Crippen MR) is 98.4 cm³/mol. The normalized spacial score (nSPS) is 47.2. The molecule has 4 aliphatic carbocycles. The fraction of sp³-hybridized carbons (Fsp3) is 0.818. The van der Waals surface area contributed by atoms with E-state index in [0.717, 1.165) is 51.4 Å². The Hall–Kier alpha value is -1.32. The van der Waals surface area contributed by atoms with Crippen LogP contribution < -0.4 is 0 Å². The molecule has 3 fully saturated rings. The first-order valence-electron chi connectivity index (χ1n) is 10.4. The second kappa shape index (κ2) is 6.10. The molecule has 4 nitrogen and oxygen atoms in total. The molecule has 0 unspecified atom stereocenters. The largest absolute Gasteiger partial charge is 0.481 e. The van der Waals surface area contributed by atoms with Crippen molar-refractivity contribution in [1.29, 1.82) is 0 Å². The lowest BCUT2D eigenvalue weighted by molar-refractivity contribution is -0.151. The van der Waals surface area contributed by atoms with Gasteiger partial charge in [-0.15, -0.1) is 0 Å². The quantitative estimate of drug-likeness (QED) is 0.578. The van der Waals surface area contributed by atoms with Gasteiger partial charge in [0, 0.05) is 13.3 Å². The van der Waals surface area contributed by atoms with Gasteiger partial charge in [-0.2, -0.15) is 0 Å². The molecule has 4 rings (SSSR count). The number of carboxylic acid groups (broad SMARTS) is 1. The van der Waals surface area contributed by atoms with E-state index in [2.05, 4.69) is 19.9 Å². The van der Waals surface area contributed by atoms with Gasteiger partial charge in [-0.1, -0.05) is 25.5 Å². The van der Waals surface area contributed by atoms with E-state index >= 15 is 0 Å². The number of carbonyl (C=O) groups excluding carboxylic acids is 1. The maximum atomic E-state index is 11.8. The molecule has 144 valence electrons. The molecular weight excluding hydrogens is 328 g/mol. The van der Waals surface area contributed by atoms with Crippen molar-refractivity contribution in [2.24, 2.45) is 34.5 Å². The summed E-state index contributed by atoms with van der Waals surface area (Å²) < 4.78 is 5.50. The number of carboxylic acids is 1. The molecule has 0 aliphatic heterocycles. The van der Waals surface area contributed by atoms with Crippen LogP contribution in [0.15, 0.2) is 11.6 Å². The Kier molecular flexibility index (Phi) is 4.24. The van der Waals surface area contributed by atoms with Crippen LogP contribution >= 0.6 is 0 Å². The SMILES string of the molecule is CC(=O)O[C@H]1CC[C@@]2(C)C(=CC[C@H]3[C@@H]4CC[C@@H](C(=O)O)[C@@]4(C)CC[C@@H]32)C1. The third kappa shape index (κ3) is 2.55. The highest BCUT2D eigenvalue weighted by atomic mass is 16.5. The van der Waals surface area contributed by atoms with Crippen molar-refractivity contribution < 1.29 is 19.4 Å². The van der Waals surface area contributed by atoms with Crippen LogP contribution in [-0.4, -0.2) is 23.1 Å². The number of allylic oxidation sites excluding steroid dienone is 1. The summed E-state index contributed by atoms with van der Waals surface area (Å²) in [6, 6.07) is 0. The first-order chi connectivity index (χ1) is 12.3. The first-order valence-corrected chi connectivity index (χ1v) is 10.4. The summed E-state index contributed by atoms with van der Waals surface area (Å²) >= 11 is 0. The second-order valence-corrected chi connectivity index (χ2v) is 9.75. The van der Waals surface area contributed by atoms with Gasteiger partial charge in [0.05, 0.1) is 5.92 Å². The Balaban J connectivity index is 1.59. The minimum atomic E-state index is -0.589. The van der Waals surface area contributed by atoms with E-state index in [1.54, 1.807) is 0 Å². The van der Waals surface area contributed by atoms with Crippen molar-refractivity contribution in [3.05, 3.63) is 11.6 Å². The Morgan fingerprint density at radius 1 is 1.12 bits per heavy atom. The fourth-order valence-corrected chi connectivity index (χ4v) is 7.37. The van der Waals surface area contributed by atoms with Crippen LogP contribution in [0.3, 0.4) is 0 Å². The van der Waals surface area contributed by atoms with Crippen molar-refractivity contribution in [2.45, 2.75) is 78.2 Å². The van der Waals surface area contributed by atoms with E-state index in [-0.39, 0.29) is 28.8 Å². The highest BCUT2D eigenvalue weighted by Crippen LogP contribution is 2.66. The Bertz CT molecular complexity index is 653. The summed E-state index contributed by atoms with van der Waals surface area (Å²) in [6.45, 7) is 6.17. The van der Waals surface area contributed by atoms with Crippen molar-refractivity contribution >= 4 is 11.9 Å². The average molecular weight is 360 g/mol. The molecule has 0 heterocycles. The topological polar surface area (TPSA) is 63.6 Å². The minimum absolute atomic E-state index is 0.0242. The minimum Gasteiger partial charge on any atom is -0.481 e. The van der Waals surface area contributed by atoms with Crippen LogP contribution in [0.2, 0.25) is 0 Å². The van der Waals surface area contributed by atoms with Crippen LogP contribution in [0.1, 0.15) is 72.1 Å². The van der Waals surface area contributed by atoms with E-state index in [1.165, 1.54) is 12.5 Å². The summed E-state index contributed by atoms with van der Waals surface area (Å²) in [7, 11) is 0. The summed E-state index contributed by atoms with van der Waals surface area (Å²) in [5.41, 5.74) is 1.68. The van der Waals surface area contributed by atoms with Gasteiger partial charge in [-0.25, -0.2) is 0 Å². The number of ether oxygens (including phenoxy) is 1. The average Bonchev–Trinajstić information content (AvgIpc) is 2.92. The molecule has 1 N–H and O–H groups in total. The fourth-order valence-electron chi connectivity index (χ4n) is 7.37. The van der Waals surface area contributed by atoms with Gasteiger partial charge in [0.15, 0.2) is 0 Å². The molecular formula is C22H32O4. The van der Waals surface area contributed by atoms with Crippen LogP contribution in [0.4, 0.5) is 0 Å². The van der Waals surface area contributed by atoms with Crippen LogP contribution in [-0.2, 0) is 14.3 Å². The number of hydrogen-bond acceptors (Lipinski definition) is 3. The lowest BCUT2D eigenvalue weighted by Crippen LogP contribution is -2.51. The summed E-state index contributed by atoms with van der Waals surface area (Å²) in [5.74, 6) is 0.901. The summed E-state index contributed by atoms with van der Waals surface area (Å²) in [5, 5.41) is 9.70. The highest BCUT2D eigenvalue weighted by molar-refractivity contribution is 5.71. The summed E-state index contributed by atoms with van der Waals surface area (Å²) in [4.78, 5) is 23.1. The van der Waals surface area contributed by atoms with Gasteiger partial charge in [0.2, 0.25) is 0 Å². The van der Waals surface area contributed by atoms with Crippen LogP contribution in [0.5, 0.6) is 0 Å². The Morgan fingerprint density at radius 2 is 1.88 bits per heavy atom. The van der Waals surface area contributed by atoms with Crippen molar-refractivity contribution in [3.8, 4) is 0 Å². The van der Waals surface area contributed by atoms with Gasteiger partial charge in [-0.05, 0) is 73.5 Å².